The first-order valence-corrected chi connectivity index (χ1v) is 14.8. The third kappa shape index (κ3) is 6.28. The maximum absolute atomic E-state index is 13.0. The Balaban J connectivity index is 1.50. The summed E-state index contributed by atoms with van der Waals surface area (Å²) in [7, 11) is -7.92. The van der Waals surface area contributed by atoms with E-state index < -0.39 is 26.0 Å². The molecule has 0 saturated heterocycles. The predicted octanol–water partition coefficient (Wildman–Crippen LogP) is 6.16. The molecule has 0 atom stereocenters. The Kier molecular flexibility index (Phi) is 7.98. The molecule has 4 rings (SSSR count). The maximum atomic E-state index is 13.0. The van der Waals surface area contributed by atoms with Crippen molar-refractivity contribution in [2.24, 2.45) is 0 Å². The number of amides is 1. The van der Waals surface area contributed by atoms with Gasteiger partial charge in [-0.2, -0.15) is 0 Å². The lowest BCUT2D eigenvalue weighted by Crippen LogP contribution is -2.18. The van der Waals surface area contributed by atoms with Crippen molar-refractivity contribution in [2.75, 3.05) is 14.8 Å². The Labute approximate surface area is 230 Å². The van der Waals surface area contributed by atoms with Gasteiger partial charge in [-0.1, -0.05) is 59.1 Å². The Morgan fingerprint density at radius 3 is 1.82 bits per heavy atom. The molecule has 38 heavy (non-hydrogen) atoms. The predicted molar refractivity (Wildman–Crippen MR) is 150 cm³/mol. The van der Waals surface area contributed by atoms with Crippen LogP contribution in [0.3, 0.4) is 0 Å². The Bertz CT molecular complexity index is 1710. The van der Waals surface area contributed by atoms with Gasteiger partial charge in [-0.25, -0.2) is 16.8 Å². The molecule has 3 N–H and O–H groups in total. The summed E-state index contributed by atoms with van der Waals surface area (Å²) in [5.41, 5.74) is 1.50. The molecular weight excluding hydrogens is 569 g/mol. The number of para-hydroxylation sites is 1. The molecule has 0 saturated carbocycles. The van der Waals surface area contributed by atoms with Crippen LogP contribution in [0.4, 0.5) is 17.1 Å². The van der Waals surface area contributed by atoms with E-state index in [1.807, 2.05) is 6.92 Å². The zero-order valence-corrected chi connectivity index (χ0v) is 22.9. The molecule has 8 nitrogen and oxygen atoms in total. The van der Waals surface area contributed by atoms with Gasteiger partial charge >= 0.3 is 0 Å². The van der Waals surface area contributed by atoms with Crippen LogP contribution in [0, 0.1) is 6.92 Å². The summed E-state index contributed by atoms with van der Waals surface area (Å²) in [4.78, 5) is 13.0. The number of halogens is 2. The Morgan fingerprint density at radius 1 is 0.658 bits per heavy atom. The van der Waals surface area contributed by atoms with Crippen LogP contribution < -0.4 is 14.8 Å². The van der Waals surface area contributed by atoms with Crippen molar-refractivity contribution >= 4 is 66.2 Å². The molecule has 1 amide bonds. The number of hydrogen-bond donors (Lipinski definition) is 3. The summed E-state index contributed by atoms with van der Waals surface area (Å²) >= 11 is 12.0. The summed E-state index contributed by atoms with van der Waals surface area (Å²) < 4.78 is 56.0. The van der Waals surface area contributed by atoms with Crippen LogP contribution in [0.25, 0.3) is 0 Å². The van der Waals surface area contributed by atoms with Gasteiger partial charge in [0.05, 0.1) is 36.8 Å². The molecule has 0 aliphatic carbocycles. The van der Waals surface area contributed by atoms with Gasteiger partial charge in [0.15, 0.2) is 0 Å². The zero-order valence-electron chi connectivity index (χ0n) is 19.8. The maximum Gasteiger partial charge on any atom is 0.261 e. The highest BCUT2D eigenvalue weighted by Crippen LogP contribution is 2.31. The highest BCUT2D eigenvalue weighted by atomic mass is 35.5. The lowest BCUT2D eigenvalue weighted by atomic mass is 10.1. The lowest BCUT2D eigenvalue weighted by Gasteiger charge is -2.13. The van der Waals surface area contributed by atoms with Crippen molar-refractivity contribution in [3.8, 4) is 0 Å². The Hall–Kier alpha value is -3.57. The van der Waals surface area contributed by atoms with Gasteiger partial charge in [0.1, 0.15) is 0 Å². The standard InChI is InChI=1S/C26H21Cl2N3O5S2/c1-17-9-13-19(14-10-17)37(33,34)30-23-7-3-2-5-21(23)26(32)29-18-11-15-20(16-12-18)38(35,36)31-24-8-4-6-22(27)25(24)28/h2-16,30-31H,1H3,(H,29,32). The number of anilines is 3. The van der Waals surface area contributed by atoms with Gasteiger partial charge in [0, 0.05) is 5.69 Å². The van der Waals surface area contributed by atoms with E-state index in [-0.39, 0.29) is 36.8 Å². The number of carbonyl (C=O) groups excluding carboxylic acids is 1. The molecule has 12 heteroatoms. The van der Waals surface area contributed by atoms with Crippen LogP contribution in [0.2, 0.25) is 10.0 Å². The van der Waals surface area contributed by atoms with Crippen molar-refractivity contribution in [3.63, 3.8) is 0 Å². The summed E-state index contributed by atoms with van der Waals surface area (Å²) in [6, 6.07) is 22.5. The van der Waals surface area contributed by atoms with E-state index in [2.05, 4.69) is 14.8 Å². The second-order valence-electron chi connectivity index (χ2n) is 8.15. The van der Waals surface area contributed by atoms with Gasteiger partial charge < -0.3 is 5.32 Å². The van der Waals surface area contributed by atoms with Gasteiger partial charge in [0.25, 0.3) is 26.0 Å². The molecule has 196 valence electrons. The molecule has 0 fully saturated rings. The highest BCUT2D eigenvalue weighted by molar-refractivity contribution is 7.93. The van der Waals surface area contributed by atoms with Crippen molar-refractivity contribution in [1.82, 2.24) is 0 Å². The van der Waals surface area contributed by atoms with Crippen LogP contribution in [0.5, 0.6) is 0 Å². The first-order chi connectivity index (χ1) is 18.0. The van der Waals surface area contributed by atoms with Crippen LogP contribution in [0.15, 0.2) is 101 Å². The third-order valence-electron chi connectivity index (χ3n) is 5.37. The average molecular weight is 591 g/mol. The second-order valence-corrected chi connectivity index (χ2v) is 12.3. The first kappa shape index (κ1) is 27.5. The lowest BCUT2D eigenvalue weighted by molar-refractivity contribution is 0.102. The summed E-state index contributed by atoms with van der Waals surface area (Å²) in [6.45, 7) is 1.84. The molecule has 4 aromatic carbocycles. The molecular formula is C26H21Cl2N3O5S2. The van der Waals surface area contributed by atoms with E-state index in [1.165, 1.54) is 60.7 Å². The largest absolute Gasteiger partial charge is 0.322 e. The van der Waals surface area contributed by atoms with Crippen LogP contribution >= 0.6 is 23.2 Å². The van der Waals surface area contributed by atoms with Crippen molar-refractivity contribution < 1.29 is 21.6 Å². The number of nitrogens with one attached hydrogen (secondary N) is 3. The van der Waals surface area contributed by atoms with E-state index in [1.54, 1.807) is 30.3 Å². The molecule has 0 aromatic heterocycles. The number of benzene rings is 4. The average Bonchev–Trinajstić information content (AvgIpc) is 2.87. The monoisotopic (exact) mass is 589 g/mol. The number of carbonyl (C=O) groups is 1. The topological polar surface area (TPSA) is 121 Å². The normalized spacial score (nSPS) is 11.6. The van der Waals surface area contributed by atoms with Crippen LogP contribution in [-0.4, -0.2) is 22.7 Å². The number of sulfonamides is 2. The van der Waals surface area contributed by atoms with E-state index in [0.717, 1.165) is 5.56 Å². The van der Waals surface area contributed by atoms with E-state index in [4.69, 9.17) is 23.2 Å². The summed E-state index contributed by atoms with van der Waals surface area (Å²) in [5, 5.41) is 2.92. The molecule has 0 radical (unpaired) electrons. The minimum absolute atomic E-state index is 0.0581. The SMILES string of the molecule is Cc1ccc(S(=O)(=O)Nc2ccccc2C(=O)Nc2ccc(S(=O)(=O)Nc3cccc(Cl)c3Cl)cc2)cc1. The summed E-state index contributed by atoms with van der Waals surface area (Å²) in [5.74, 6) is -0.591. The number of rotatable bonds is 8. The molecule has 0 bridgehead atoms. The number of hydrogen-bond acceptors (Lipinski definition) is 5. The fourth-order valence-electron chi connectivity index (χ4n) is 3.39. The van der Waals surface area contributed by atoms with Gasteiger partial charge in [-0.3, -0.25) is 14.2 Å². The fraction of sp³-hybridized carbons (Fsp3) is 0.0385. The van der Waals surface area contributed by atoms with Gasteiger partial charge in [-0.05, 0) is 67.6 Å². The summed E-state index contributed by atoms with van der Waals surface area (Å²) in [6.07, 6.45) is 0. The smallest absolute Gasteiger partial charge is 0.261 e. The quantitative estimate of drug-likeness (QED) is 0.227. The highest BCUT2D eigenvalue weighted by Gasteiger charge is 2.20. The molecule has 0 heterocycles. The van der Waals surface area contributed by atoms with E-state index in [9.17, 15) is 21.6 Å². The van der Waals surface area contributed by atoms with E-state index >= 15 is 0 Å². The van der Waals surface area contributed by atoms with Crippen molar-refractivity contribution in [2.45, 2.75) is 16.7 Å². The van der Waals surface area contributed by atoms with E-state index in [0.29, 0.717) is 5.69 Å². The van der Waals surface area contributed by atoms with Crippen LogP contribution in [0.1, 0.15) is 15.9 Å². The Morgan fingerprint density at radius 2 is 1.18 bits per heavy atom. The second kappa shape index (κ2) is 11.0. The fourth-order valence-corrected chi connectivity index (χ4v) is 5.95. The molecule has 0 spiro atoms. The molecule has 0 aliphatic rings. The first-order valence-electron chi connectivity index (χ1n) is 11.0. The minimum atomic E-state index is -3.99. The van der Waals surface area contributed by atoms with Crippen molar-refractivity contribution in [3.05, 3.63) is 112 Å². The minimum Gasteiger partial charge on any atom is -0.322 e. The molecule has 4 aromatic rings. The molecule has 0 unspecified atom stereocenters. The number of aryl methyl sites for hydroxylation is 1. The van der Waals surface area contributed by atoms with Crippen LogP contribution in [-0.2, 0) is 20.0 Å². The van der Waals surface area contributed by atoms with Gasteiger partial charge in [-0.15, -0.1) is 0 Å². The van der Waals surface area contributed by atoms with Gasteiger partial charge in [0.2, 0.25) is 0 Å². The zero-order chi connectivity index (χ0) is 27.5. The van der Waals surface area contributed by atoms with Crippen molar-refractivity contribution in [1.29, 1.82) is 0 Å². The third-order valence-corrected chi connectivity index (χ3v) is 8.95. The molecule has 0 aliphatic heterocycles.